The second-order valence-electron chi connectivity index (χ2n) is 14.8. The lowest BCUT2D eigenvalue weighted by Crippen LogP contribution is -3.12. The Morgan fingerprint density at radius 1 is 0.216 bits per heavy atom. The van der Waals surface area contributed by atoms with Crippen LogP contribution in [0.5, 0.6) is 0 Å². The highest BCUT2D eigenvalue weighted by Gasteiger charge is 3.24. The van der Waals surface area contributed by atoms with Gasteiger partial charge in [0.2, 0.25) is 0 Å². The second kappa shape index (κ2) is 14.7. The lowest BCUT2D eigenvalue weighted by Gasteiger charge is -2.77. The van der Waals surface area contributed by atoms with Crippen LogP contribution in [0.4, 0.5) is 189 Å². The van der Waals surface area contributed by atoms with Crippen molar-refractivity contribution in [3.63, 3.8) is 0 Å². The molecule has 3 N–H and O–H groups in total. The normalized spacial score (nSPS) is 32.2. The third-order valence-corrected chi connectivity index (χ3v) is 10.8. The van der Waals surface area contributed by atoms with Gasteiger partial charge in [0.15, 0.2) is 0 Å². The quantitative estimate of drug-likeness (QED) is 0.142. The van der Waals surface area contributed by atoms with Gasteiger partial charge in [-0.1, -0.05) is 0 Å². The van der Waals surface area contributed by atoms with Crippen molar-refractivity contribution in [2.24, 2.45) is 0 Å². The number of ether oxygens (including phenoxy) is 3. The molecule has 74 heavy (non-hydrogen) atoms. The SMILES string of the molecule is OC(F)(C(F)(F)OC12C(F)(F)C3(F)C(F)(F)C(OC(F)(F)C(O)(F)C(F)(F)C(F)(F)C(F)(F)F)(C1(F)F)C(F)(F)C(OC(F)(F)C(O)(F)C(F)(F)C(F)(F)C(F)(F)F)(C3(F)F)C2(F)F)C(F)(F)C(F)(F)C(F)(F)F. The molecule has 49 heteroatoms. The second-order valence-corrected chi connectivity index (χ2v) is 14.8. The molecule has 440 valence electrons. The summed E-state index contributed by atoms with van der Waals surface area (Å²) in [7, 11) is 0. The van der Waals surface area contributed by atoms with E-state index in [-0.39, 0.29) is 0 Å². The van der Waals surface area contributed by atoms with Gasteiger partial charge in [0, 0.05) is 0 Å². The van der Waals surface area contributed by atoms with Gasteiger partial charge in [-0.05, 0) is 0 Å². The molecule has 0 amide bonds. The van der Waals surface area contributed by atoms with E-state index in [1.54, 1.807) is 0 Å². The Labute approximate surface area is 367 Å². The minimum absolute atomic E-state index is 0.846. The molecule has 4 fully saturated rings. The maximum atomic E-state index is 16.4. The summed E-state index contributed by atoms with van der Waals surface area (Å²) in [4.78, 5) is 0. The Bertz CT molecular complexity index is 1950. The zero-order valence-corrected chi connectivity index (χ0v) is 31.3. The van der Waals surface area contributed by atoms with E-state index in [4.69, 9.17) is 15.3 Å². The van der Waals surface area contributed by atoms with Gasteiger partial charge in [-0.3, -0.25) is 14.2 Å². The lowest BCUT2D eigenvalue weighted by atomic mass is 9.38. The van der Waals surface area contributed by atoms with Crippen LogP contribution in [-0.4, -0.2) is 163 Å². The lowest BCUT2D eigenvalue weighted by molar-refractivity contribution is -0.678. The Morgan fingerprint density at radius 3 is 0.473 bits per heavy atom. The third-order valence-electron chi connectivity index (χ3n) is 10.8. The number of alkyl halides is 43. The smallest absolute Gasteiger partial charge is 0.350 e. The van der Waals surface area contributed by atoms with Crippen molar-refractivity contribution in [3.05, 3.63) is 0 Å². The van der Waals surface area contributed by atoms with Crippen LogP contribution in [0.3, 0.4) is 0 Å². The molecular formula is C25H3F43O6. The molecule has 4 rings (SSSR count). The van der Waals surface area contributed by atoms with Gasteiger partial charge in [0.1, 0.15) is 0 Å². The Kier molecular flexibility index (Phi) is 12.9. The first-order valence-corrected chi connectivity index (χ1v) is 16.0. The van der Waals surface area contributed by atoms with Gasteiger partial charge in [0.25, 0.3) is 16.8 Å². The molecule has 4 aliphatic rings. The summed E-state index contributed by atoms with van der Waals surface area (Å²) in [6.45, 7) is 0. The van der Waals surface area contributed by atoms with Gasteiger partial charge < -0.3 is 15.3 Å². The predicted molar refractivity (Wildman–Crippen MR) is 126 cm³/mol. The van der Waals surface area contributed by atoms with Crippen molar-refractivity contribution in [1.82, 2.24) is 0 Å². The van der Waals surface area contributed by atoms with Crippen molar-refractivity contribution < 1.29 is 218 Å². The number of hydrogen-bond acceptors (Lipinski definition) is 6. The highest BCUT2D eigenvalue weighted by Crippen LogP contribution is 2.90. The van der Waals surface area contributed by atoms with Gasteiger partial charge in [0.05, 0.1) is 0 Å². The summed E-state index contributed by atoms with van der Waals surface area (Å²) in [6.07, 6.45) is -56.7. The number of hydrogen-bond donors (Lipinski definition) is 3. The largest absolute Gasteiger partial charge is 0.460 e. The molecule has 0 saturated heterocycles. The molecule has 0 aliphatic heterocycles. The Morgan fingerprint density at radius 2 is 0.351 bits per heavy atom. The van der Waals surface area contributed by atoms with Crippen molar-refractivity contribution >= 4 is 0 Å². The minimum Gasteiger partial charge on any atom is -0.350 e. The molecule has 0 spiro atoms. The van der Waals surface area contributed by atoms with Crippen molar-refractivity contribution in [2.75, 3.05) is 0 Å². The van der Waals surface area contributed by atoms with Crippen LogP contribution in [0.1, 0.15) is 0 Å². The Hall–Kier alpha value is -3.25. The van der Waals surface area contributed by atoms with Crippen molar-refractivity contribution in [1.29, 1.82) is 0 Å². The number of halogens is 43. The van der Waals surface area contributed by atoms with Gasteiger partial charge in [-0.25, -0.2) is 4.39 Å². The fourth-order valence-electron chi connectivity index (χ4n) is 6.90. The van der Waals surface area contributed by atoms with E-state index >= 15 is 83.4 Å². The summed E-state index contributed by atoms with van der Waals surface area (Å²) in [5.41, 5.74) is -42.9. The van der Waals surface area contributed by atoms with E-state index in [0.717, 1.165) is 14.2 Å². The molecule has 3 unspecified atom stereocenters. The van der Waals surface area contributed by atoms with E-state index in [9.17, 15) is 105 Å². The third kappa shape index (κ3) is 5.93. The topological polar surface area (TPSA) is 88.4 Å². The van der Waals surface area contributed by atoms with E-state index in [2.05, 4.69) is 0 Å². The zero-order chi connectivity index (χ0) is 60.6. The Balaban J connectivity index is 2.96. The van der Waals surface area contributed by atoms with Crippen LogP contribution in [0.2, 0.25) is 0 Å². The maximum absolute atomic E-state index is 16.4. The molecule has 6 nitrogen and oxygen atoms in total. The average molecular weight is 1220 g/mol. The van der Waals surface area contributed by atoms with E-state index in [1.807, 2.05) is 0 Å². The summed E-state index contributed by atoms with van der Waals surface area (Å²) >= 11 is 0. The van der Waals surface area contributed by atoms with Crippen LogP contribution in [0.15, 0.2) is 0 Å². The average Bonchev–Trinajstić information content (AvgIpc) is 3.13. The standard InChI is InChI=1S/C25H3F43O6/c26-1-5(27,28)2(72-23(63,64)17(51,69)11(39,40)14(45,46)20(54,55)56)8(33,34)3(6(1,29)30,73-24(65,66)18(52,70)12(41,42)15(47,48)21(57,58)59)10(37,38)4(7(1,31)32,9(2,35)36)74-25(67,68)19(53,71)13(43,44)16(49,50)22(60,61)62/h69-71H. The molecule has 0 aromatic rings. The van der Waals surface area contributed by atoms with Gasteiger partial charge in [-0.2, -0.15) is 184 Å². The van der Waals surface area contributed by atoms with Crippen LogP contribution in [0.25, 0.3) is 0 Å². The van der Waals surface area contributed by atoms with Crippen LogP contribution in [0, 0.1) is 0 Å². The summed E-state index contributed by atoms with van der Waals surface area (Å²) < 4.78 is 627. The predicted octanol–water partition coefficient (Wildman–Crippen LogP) is 11.1. The first-order valence-electron chi connectivity index (χ1n) is 16.0. The molecule has 4 aliphatic carbocycles. The van der Waals surface area contributed by atoms with E-state index in [1.165, 1.54) is 0 Å². The first-order chi connectivity index (χ1) is 31.1. The van der Waals surface area contributed by atoms with E-state index in [0.29, 0.717) is 0 Å². The van der Waals surface area contributed by atoms with Crippen LogP contribution in [-0.2, 0) is 14.2 Å². The number of aliphatic hydroxyl groups is 3. The molecule has 4 bridgehead atoms. The summed E-state index contributed by atoms with van der Waals surface area (Å²) in [5, 5.41) is 26.2. The number of rotatable bonds is 15. The highest BCUT2D eigenvalue weighted by molar-refractivity contribution is 5.55. The zero-order valence-electron chi connectivity index (χ0n) is 31.3. The molecule has 4 saturated carbocycles. The maximum Gasteiger partial charge on any atom is 0.460 e. The molecule has 0 aromatic carbocycles. The highest BCUT2D eigenvalue weighted by atomic mass is 19.5. The van der Waals surface area contributed by atoms with Gasteiger partial charge in [-0.15, -0.1) is 0 Å². The van der Waals surface area contributed by atoms with Crippen LogP contribution < -0.4 is 0 Å². The van der Waals surface area contributed by atoms with Crippen molar-refractivity contribution in [3.8, 4) is 0 Å². The van der Waals surface area contributed by atoms with Gasteiger partial charge >= 0.3 is 131 Å². The first kappa shape index (κ1) is 65.0. The minimum atomic E-state index is -10.9. The fraction of sp³-hybridized carbons (Fsp3) is 1.00. The van der Waals surface area contributed by atoms with Crippen molar-refractivity contribution in [2.45, 2.75) is 148 Å². The fourth-order valence-corrected chi connectivity index (χ4v) is 6.90. The molecule has 3 atom stereocenters. The summed E-state index contributed by atoms with van der Waals surface area (Å²) in [6, 6.07) is 0. The monoisotopic (exact) mass is 1220 g/mol. The molecule has 0 aromatic heterocycles. The molecule has 0 heterocycles. The molecular weight excluding hydrogens is 1210 g/mol. The molecule has 0 radical (unpaired) electrons. The van der Waals surface area contributed by atoms with Crippen LogP contribution >= 0.6 is 0 Å². The summed E-state index contributed by atoms with van der Waals surface area (Å²) in [5.74, 6) is -150. The van der Waals surface area contributed by atoms with E-state index < -0.39 is 148 Å².